The van der Waals surface area contributed by atoms with Gasteiger partial charge in [-0.15, -0.1) is 0 Å². The van der Waals surface area contributed by atoms with Crippen LogP contribution in [-0.2, 0) is 0 Å². The fraction of sp³-hybridized carbons (Fsp3) is 0.625. The Hall–Kier alpha value is -0.610. The van der Waals surface area contributed by atoms with Crippen molar-refractivity contribution in [3.05, 3.63) is 28.5 Å². The summed E-state index contributed by atoms with van der Waals surface area (Å²) in [5, 5.41) is 3.44. The maximum atomic E-state index is 13.4. The molecule has 3 rings (SSSR count). The Labute approximate surface area is 128 Å². The highest BCUT2D eigenvalue weighted by Gasteiger charge is 2.56. The van der Waals surface area contributed by atoms with Gasteiger partial charge in [0.25, 0.3) is 0 Å². The summed E-state index contributed by atoms with van der Waals surface area (Å²) in [5.74, 6) is 0.389. The molecule has 1 spiro atoms. The molecule has 1 N–H and O–H groups in total. The molecule has 2 atom stereocenters. The summed E-state index contributed by atoms with van der Waals surface area (Å²) in [7, 11) is 2.04. The molecule has 0 saturated heterocycles. The van der Waals surface area contributed by atoms with Crippen molar-refractivity contribution in [3.8, 4) is 5.75 Å². The third-order valence-corrected chi connectivity index (χ3v) is 5.74. The van der Waals surface area contributed by atoms with Crippen LogP contribution < -0.4 is 10.1 Å². The minimum Gasteiger partial charge on any atom is -0.488 e. The fourth-order valence-electron chi connectivity index (χ4n) is 3.92. The summed E-state index contributed by atoms with van der Waals surface area (Å²) in [5.41, 5.74) is 0.249. The van der Waals surface area contributed by atoms with Crippen LogP contribution in [0.5, 0.6) is 5.75 Å². The Bertz CT molecular complexity index is 487. The van der Waals surface area contributed by atoms with Gasteiger partial charge in [0.1, 0.15) is 17.7 Å². The van der Waals surface area contributed by atoms with Gasteiger partial charge >= 0.3 is 0 Å². The van der Waals surface area contributed by atoms with Gasteiger partial charge in [-0.05, 0) is 48.0 Å². The summed E-state index contributed by atoms with van der Waals surface area (Å²) in [6.45, 7) is 0. The van der Waals surface area contributed by atoms with E-state index in [9.17, 15) is 4.39 Å². The molecule has 0 aromatic heterocycles. The average Bonchev–Trinajstić information content (AvgIpc) is 2.47. The van der Waals surface area contributed by atoms with Crippen molar-refractivity contribution >= 4 is 15.9 Å². The molecule has 1 aromatic rings. The quantitative estimate of drug-likeness (QED) is 0.885. The maximum absolute atomic E-state index is 13.4. The van der Waals surface area contributed by atoms with Crippen LogP contribution in [0.15, 0.2) is 22.7 Å². The van der Waals surface area contributed by atoms with Crippen LogP contribution in [0.1, 0.15) is 38.5 Å². The number of ether oxygens (including phenoxy) is 1. The molecular weight excluding hydrogens is 321 g/mol. The molecule has 1 aromatic carbocycles. The van der Waals surface area contributed by atoms with Gasteiger partial charge in [-0.1, -0.05) is 19.3 Å². The summed E-state index contributed by atoms with van der Waals surface area (Å²) in [6, 6.07) is 5.18. The largest absolute Gasteiger partial charge is 0.488 e. The van der Waals surface area contributed by atoms with E-state index in [1.54, 1.807) is 6.07 Å². The van der Waals surface area contributed by atoms with E-state index in [1.807, 2.05) is 7.05 Å². The van der Waals surface area contributed by atoms with E-state index in [0.29, 0.717) is 11.8 Å². The Morgan fingerprint density at radius 2 is 2.05 bits per heavy atom. The first-order valence-corrected chi connectivity index (χ1v) is 8.24. The standard InChI is InChI=1S/C16H21BrFNO/c1-19-14-10-15(16(14)7-3-2-4-8-16)20-13-9-11(18)5-6-12(13)17/h5-6,9,14-15,19H,2-4,7-8,10H2,1H3. The molecule has 2 fully saturated rings. The molecule has 0 radical (unpaired) electrons. The summed E-state index contributed by atoms with van der Waals surface area (Å²) in [6.07, 6.45) is 7.55. The molecular formula is C16H21BrFNO. The number of rotatable bonds is 3. The molecule has 2 nitrogen and oxygen atoms in total. The van der Waals surface area contributed by atoms with E-state index in [1.165, 1.54) is 44.2 Å². The van der Waals surface area contributed by atoms with E-state index in [2.05, 4.69) is 21.2 Å². The first kappa shape index (κ1) is 14.3. The van der Waals surface area contributed by atoms with Gasteiger partial charge in [0.2, 0.25) is 0 Å². The van der Waals surface area contributed by atoms with Crippen molar-refractivity contribution in [1.82, 2.24) is 5.32 Å². The summed E-state index contributed by atoms with van der Waals surface area (Å²) in [4.78, 5) is 0. The average molecular weight is 342 g/mol. The first-order chi connectivity index (χ1) is 9.65. The van der Waals surface area contributed by atoms with E-state index in [-0.39, 0.29) is 17.3 Å². The number of halogens is 2. The molecule has 20 heavy (non-hydrogen) atoms. The monoisotopic (exact) mass is 341 g/mol. The Morgan fingerprint density at radius 1 is 1.30 bits per heavy atom. The van der Waals surface area contributed by atoms with Crippen LogP contribution in [0.4, 0.5) is 4.39 Å². The number of benzene rings is 1. The van der Waals surface area contributed by atoms with Crippen molar-refractivity contribution in [2.45, 2.75) is 50.7 Å². The molecule has 2 unspecified atom stereocenters. The van der Waals surface area contributed by atoms with Crippen LogP contribution in [0.2, 0.25) is 0 Å². The Morgan fingerprint density at radius 3 is 2.75 bits per heavy atom. The molecule has 110 valence electrons. The molecule has 0 aliphatic heterocycles. The zero-order valence-electron chi connectivity index (χ0n) is 11.8. The van der Waals surface area contributed by atoms with Crippen molar-refractivity contribution < 1.29 is 9.13 Å². The third-order valence-electron chi connectivity index (χ3n) is 5.08. The van der Waals surface area contributed by atoms with Gasteiger partial charge in [0.05, 0.1) is 4.47 Å². The predicted molar refractivity (Wildman–Crippen MR) is 81.5 cm³/mol. The number of hydrogen-bond donors (Lipinski definition) is 1. The lowest BCUT2D eigenvalue weighted by Crippen LogP contribution is -2.64. The lowest BCUT2D eigenvalue weighted by molar-refractivity contribution is -0.101. The molecule has 0 heterocycles. The van der Waals surface area contributed by atoms with Crippen molar-refractivity contribution in [2.75, 3.05) is 7.05 Å². The number of nitrogens with one attached hydrogen (secondary N) is 1. The van der Waals surface area contributed by atoms with Crippen LogP contribution >= 0.6 is 15.9 Å². The minimum atomic E-state index is -0.245. The zero-order chi connectivity index (χ0) is 14.2. The predicted octanol–water partition coefficient (Wildman–Crippen LogP) is 4.28. The van der Waals surface area contributed by atoms with Crippen molar-refractivity contribution in [2.24, 2.45) is 5.41 Å². The van der Waals surface area contributed by atoms with Gasteiger partial charge in [0, 0.05) is 23.9 Å². The second-order valence-electron chi connectivity index (χ2n) is 6.05. The highest BCUT2D eigenvalue weighted by Crippen LogP contribution is 2.53. The second kappa shape index (κ2) is 5.64. The lowest BCUT2D eigenvalue weighted by atomic mass is 9.55. The van der Waals surface area contributed by atoms with Crippen LogP contribution in [0, 0.1) is 11.2 Å². The molecule has 2 aliphatic rings. The van der Waals surface area contributed by atoms with E-state index < -0.39 is 0 Å². The van der Waals surface area contributed by atoms with E-state index >= 15 is 0 Å². The molecule has 0 amide bonds. The molecule has 4 heteroatoms. The summed E-state index contributed by atoms with van der Waals surface area (Å²) < 4.78 is 20.4. The minimum absolute atomic E-state index is 0.207. The lowest BCUT2D eigenvalue weighted by Gasteiger charge is -2.57. The molecule has 2 saturated carbocycles. The van der Waals surface area contributed by atoms with Gasteiger partial charge in [0.15, 0.2) is 0 Å². The van der Waals surface area contributed by atoms with Gasteiger partial charge in [-0.2, -0.15) is 0 Å². The third kappa shape index (κ3) is 2.37. The van der Waals surface area contributed by atoms with Crippen molar-refractivity contribution in [3.63, 3.8) is 0 Å². The molecule has 0 bridgehead atoms. The summed E-state index contributed by atoms with van der Waals surface area (Å²) >= 11 is 3.45. The van der Waals surface area contributed by atoms with Crippen molar-refractivity contribution in [1.29, 1.82) is 0 Å². The van der Waals surface area contributed by atoms with Gasteiger partial charge in [-0.25, -0.2) is 4.39 Å². The smallest absolute Gasteiger partial charge is 0.136 e. The second-order valence-corrected chi connectivity index (χ2v) is 6.91. The first-order valence-electron chi connectivity index (χ1n) is 7.45. The normalized spacial score (nSPS) is 28.1. The molecule has 2 aliphatic carbocycles. The Balaban J connectivity index is 1.78. The van der Waals surface area contributed by atoms with Crippen LogP contribution in [0.25, 0.3) is 0 Å². The van der Waals surface area contributed by atoms with Crippen LogP contribution in [-0.4, -0.2) is 19.2 Å². The van der Waals surface area contributed by atoms with E-state index in [4.69, 9.17) is 4.74 Å². The van der Waals surface area contributed by atoms with Crippen LogP contribution in [0.3, 0.4) is 0 Å². The SMILES string of the molecule is CNC1CC(Oc2cc(F)ccc2Br)C12CCCCC2. The van der Waals surface area contributed by atoms with E-state index in [0.717, 1.165) is 10.9 Å². The maximum Gasteiger partial charge on any atom is 0.136 e. The fourth-order valence-corrected chi connectivity index (χ4v) is 4.26. The Kier molecular flexibility index (Phi) is 4.04. The number of hydrogen-bond acceptors (Lipinski definition) is 2. The van der Waals surface area contributed by atoms with Gasteiger partial charge < -0.3 is 10.1 Å². The topological polar surface area (TPSA) is 21.3 Å². The van der Waals surface area contributed by atoms with Gasteiger partial charge in [-0.3, -0.25) is 0 Å². The highest BCUT2D eigenvalue weighted by molar-refractivity contribution is 9.10. The zero-order valence-corrected chi connectivity index (χ0v) is 13.4. The highest BCUT2D eigenvalue weighted by atomic mass is 79.9.